The molecule has 2 aromatic carbocycles. The van der Waals surface area contributed by atoms with Crippen LogP contribution in [0.5, 0.6) is 5.75 Å². The van der Waals surface area contributed by atoms with Crippen LogP contribution in [0.25, 0.3) is 0 Å². The highest BCUT2D eigenvalue weighted by molar-refractivity contribution is 7.66. The second-order valence-electron chi connectivity index (χ2n) is 6.04. The molecule has 0 aliphatic heterocycles. The van der Waals surface area contributed by atoms with Gasteiger partial charge in [-0.1, -0.05) is 25.1 Å². The van der Waals surface area contributed by atoms with Crippen LogP contribution in [0.2, 0.25) is 0 Å². The van der Waals surface area contributed by atoms with Gasteiger partial charge in [0.25, 0.3) is 0 Å². The minimum Gasteiger partial charge on any atom is -0.491 e. The van der Waals surface area contributed by atoms with Gasteiger partial charge in [0.15, 0.2) is 5.52 Å². The van der Waals surface area contributed by atoms with Crippen LogP contribution < -0.4 is 10.0 Å². The highest BCUT2D eigenvalue weighted by Gasteiger charge is 2.42. The van der Waals surface area contributed by atoms with Crippen molar-refractivity contribution in [3.8, 4) is 5.75 Å². The Kier molecular flexibility index (Phi) is 6.75. The summed E-state index contributed by atoms with van der Waals surface area (Å²) in [4.78, 5) is 12.4. The van der Waals surface area contributed by atoms with Gasteiger partial charge >= 0.3 is 12.4 Å². The van der Waals surface area contributed by atoms with Crippen LogP contribution in [0.15, 0.2) is 42.5 Å². The first-order valence-corrected chi connectivity index (χ1v) is 9.29. The third-order valence-corrected chi connectivity index (χ3v) is 5.03. The molecule has 0 bridgehead atoms. The lowest BCUT2D eigenvalue weighted by Crippen LogP contribution is -2.19. The van der Waals surface area contributed by atoms with E-state index in [-0.39, 0.29) is 6.10 Å². The van der Waals surface area contributed by atoms with E-state index in [1.165, 1.54) is 24.3 Å². The van der Waals surface area contributed by atoms with Crippen LogP contribution in [-0.4, -0.2) is 11.6 Å². The summed E-state index contributed by atoms with van der Waals surface area (Å²) < 4.78 is 84.7. The lowest BCUT2D eigenvalue weighted by atomic mass is 10.0. The molecule has 2 rings (SSSR count). The van der Waals surface area contributed by atoms with Crippen LogP contribution in [0, 0.1) is 0 Å². The molecule has 2 unspecified atom stereocenters. The first kappa shape index (κ1) is 22.2. The Morgan fingerprint density at radius 1 is 0.964 bits per heavy atom. The number of carbonyl (C=O) groups is 1. The van der Waals surface area contributed by atoms with Gasteiger partial charge in [-0.25, -0.2) is 0 Å². The maximum Gasteiger partial charge on any atom is 0.417 e. The highest BCUT2D eigenvalue weighted by Crippen LogP contribution is 2.41. The molecule has 0 saturated heterocycles. The smallest absolute Gasteiger partial charge is 0.417 e. The zero-order valence-corrected chi connectivity index (χ0v) is 15.9. The van der Waals surface area contributed by atoms with E-state index in [0.29, 0.717) is 29.3 Å². The van der Waals surface area contributed by atoms with Crippen molar-refractivity contribution in [2.45, 2.75) is 38.7 Å². The molecule has 2 nitrogen and oxygen atoms in total. The van der Waals surface area contributed by atoms with Crippen LogP contribution >= 0.6 is 8.58 Å². The molecule has 0 spiro atoms. The first-order chi connectivity index (χ1) is 12.9. The third-order valence-electron chi connectivity index (χ3n) is 3.93. The predicted molar refractivity (Wildman–Crippen MR) is 95.5 cm³/mol. The summed E-state index contributed by atoms with van der Waals surface area (Å²) in [5.74, 6) is 0.502. The fourth-order valence-electron chi connectivity index (χ4n) is 2.40. The summed E-state index contributed by atoms with van der Waals surface area (Å²) in [6.07, 6.45) is -9.45. The van der Waals surface area contributed by atoms with E-state index in [1.54, 1.807) is 0 Å². The maximum atomic E-state index is 13.2. The molecule has 0 aliphatic carbocycles. The van der Waals surface area contributed by atoms with Crippen LogP contribution in [0.3, 0.4) is 0 Å². The van der Waals surface area contributed by atoms with Crippen molar-refractivity contribution in [3.05, 3.63) is 59.2 Å². The molecule has 0 aliphatic rings. The Labute approximate surface area is 159 Å². The molecule has 0 amide bonds. The summed E-state index contributed by atoms with van der Waals surface area (Å²) in [6.45, 7) is 3.78. The number of hydrogen-bond acceptors (Lipinski definition) is 2. The van der Waals surface area contributed by atoms with E-state index in [9.17, 15) is 31.1 Å². The van der Waals surface area contributed by atoms with Crippen LogP contribution in [0.1, 0.15) is 41.8 Å². The van der Waals surface area contributed by atoms with Crippen molar-refractivity contribution < 1.29 is 35.9 Å². The van der Waals surface area contributed by atoms with E-state index in [4.69, 9.17) is 4.74 Å². The van der Waals surface area contributed by atoms with Crippen molar-refractivity contribution in [2.75, 3.05) is 0 Å². The van der Waals surface area contributed by atoms with E-state index in [1.807, 2.05) is 13.8 Å². The van der Waals surface area contributed by atoms with Crippen molar-refractivity contribution in [1.82, 2.24) is 0 Å². The van der Waals surface area contributed by atoms with Crippen molar-refractivity contribution in [3.63, 3.8) is 0 Å². The number of alkyl halides is 6. The molecule has 2 aromatic rings. The van der Waals surface area contributed by atoms with Crippen molar-refractivity contribution in [1.29, 1.82) is 0 Å². The summed E-state index contributed by atoms with van der Waals surface area (Å²) in [6, 6.07) is 7.58. The van der Waals surface area contributed by atoms with Gasteiger partial charge in [-0.2, -0.15) is 26.3 Å². The van der Waals surface area contributed by atoms with Gasteiger partial charge in [-0.3, -0.25) is 4.79 Å². The molecule has 9 heteroatoms. The minimum absolute atomic E-state index is 0.0528. The molecule has 0 saturated carbocycles. The van der Waals surface area contributed by atoms with E-state index >= 15 is 0 Å². The van der Waals surface area contributed by atoms with Gasteiger partial charge in [0.1, 0.15) is 5.75 Å². The Hall–Kier alpha value is -2.08. The fourth-order valence-corrected chi connectivity index (χ4v) is 3.39. The van der Waals surface area contributed by atoms with Crippen LogP contribution in [-0.2, 0) is 12.4 Å². The van der Waals surface area contributed by atoms with E-state index < -0.39 is 43.1 Å². The quantitative estimate of drug-likeness (QED) is 0.419. The summed E-state index contributed by atoms with van der Waals surface area (Å²) in [5.41, 5.74) is -5.75. The molecule has 2 atom stereocenters. The van der Waals surface area contributed by atoms with E-state index in [2.05, 4.69) is 0 Å². The van der Waals surface area contributed by atoms with Gasteiger partial charge < -0.3 is 4.74 Å². The summed E-state index contributed by atoms with van der Waals surface area (Å²) in [5, 5.41) is 0.312. The zero-order valence-electron chi connectivity index (χ0n) is 14.9. The average molecular weight is 422 g/mol. The lowest BCUT2D eigenvalue weighted by molar-refractivity contribution is -0.143. The zero-order chi connectivity index (χ0) is 21.1. The van der Waals surface area contributed by atoms with Gasteiger partial charge in [-0.15, -0.1) is 0 Å². The fraction of sp³-hybridized carbons (Fsp3) is 0.316. The molecule has 0 radical (unpaired) electrons. The number of halogens is 6. The number of carbonyl (C=O) groups excluding carboxylic acids is 1. The first-order valence-electron chi connectivity index (χ1n) is 8.29. The number of hydrogen-bond donors (Lipinski definition) is 0. The average Bonchev–Trinajstić information content (AvgIpc) is 2.61. The largest absolute Gasteiger partial charge is 0.491 e. The standard InChI is InChI=1S/C19H17F6O2P/c1-3-11(2)27-12-7-9-13(10-8-12)28-17(26)16-14(18(20,21)22)5-4-6-15(16)19(23,24)25/h4-11,28H,3H2,1-2H3. The normalized spacial score (nSPS) is 13.7. The summed E-state index contributed by atoms with van der Waals surface area (Å²) in [7, 11) is -0.895. The molecule has 152 valence electrons. The molecule has 0 fully saturated rings. The van der Waals surface area contributed by atoms with Gasteiger partial charge in [0.2, 0.25) is 0 Å². The topological polar surface area (TPSA) is 26.3 Å². The van der Waals surface area contributed by atoms with E-state index in [0.717, 1.165) is 6.42 Å². The Balaban J connectivity index is 2.36. The Morgan fingerprint density at radius 3 is 1.89 bits per heavy atom. The highest BCUT2D eigenvalue weighted by atomic mass is 31.1. The van der Waals surface area contributed by atoms with Crippen molar-refractivity contribution in [2.24, 2.45) is 0 Å². The lowest BCUT2D eigenvalue weighted by Gasteiger charge is -2.18. The second-order valence-corrected chi connectivity index (χ2v) is 7.32. The van der Waals surface area contributed by atoms with Gasteiger partial charge in [-0.05, 0) is 51.5 Å². The third kappa shape index (κ3) is 5.47. The Bertz CT molecular complexity index is 796. The second kappa shape index (κ2) is 8.52. The number of rotatable bonds is 6. The molecule has 0 N–H and O–H groups in total. The molecule has 0 heterocycles. The summed E-state index contributed by atoms with van der Waals surface area (Å²) >= 11 is 0. The van der Waals surface area contributed by atoms with Crippen molar-refractivity contribution >= 4 is 19.4 Å². The molecule has 28 heavy (non-hydrogen) atoms. The predicted octanol–water partition coefficient (Wildman–Crippen LogP) is 6.05. The number of ether oxygens (including phenoxy) is 1. The molecular formula is C19H17F6O2P. The van der Waals surface area contributed by atoms with Gasteiger partial charge in [0.05, 0.1) is 17.2 Å². The molecular weight excluding hydrogens is 405 g/mol. The SMILES string of the molecule is CCC(C)Oc1ccc(PC(=O)c2c(C(F)(F)F)cccc2C(F)(F)F)cc1. The maximum absolute atomic E-state index is 13.2. The molecule has 0 aromatic heterocycles. The van der Waals surface area contributed by atoms with Gasteiger partial charge in [0, 0.05) is 5.56 Å². The monoisotopic (exact) mass is 422 g/mol. The minimum atomic E-state index is -5.08. The Morgan fingerprint density at radius 2 is 1.46 bits per heavy atom. The van der Waals surface area contributed by atoms with Crippen LogP contribution in [0.4, 0.5) is 26.3 Å². The number of benzene rings is 2.